The maximum absolute atomic E-state index is 3.64. The monoisotopic (exact) mass is 183 g/mol. The topological polar surface area (TPSA) is 12.0 Å². The lowest BCUT2D eigenvalue weighted by Gasteiger charge is -2.05. The molecule has 0 aliphatic heterocycles. The summed E-state index contributed by atoms with van der Waals surface area (Å²) in [4.78, 5) is 0. The van der Waals surface area contributed by atoms with Crippen molar-refractivity contribution in [3.05, 3.63) is 60.8 Å². The molecule has 1 N–H and O–H groups in total. The summed E-state index contributed by atoms with van der Waals surface area (Å²) in [6.07, 6.45) is 1.72. The van der Waals surface area contributed by atoms with E-state index in [1.807, 2.05) is 0 Å². The van der Waals surface area contributed by atoms with Crippen LogP contribution < -0.4 is 5.32 Å². The highest BCUT2D eigenvalue weighted by Crippen LogP contribution is 2.17. The van der Waals surface area contributed by atoms with Crippen molar-refractivity contribution in [2.75, 3.05) is 0 Å². The van der Waals surface area contributed by atoms with Crippen molar-refractivity contribution in [2.45, 2.75) is 6.54 Å². The van der Waals surface area contributed by atoms with Crippen LogP contribution in [0, 0.1) is 0 Å². The van der Waals surface area contributed by atoms with Gasteiger partial charge in [0.1, 0.15) is 0 Å². The number of hydrogen-bond acceptors (Lipinski definition) is 1. The highest BCUT2D eigenvalue weighted by atomic mass is 14.8. The van der Waals surface area contributed by atoms with Crippen LogP contribution in [0.25, 0.3) is 10.8 Å². The number of hydrogen-bond donors (Lipinski definition) is 1. The second kappa shape index (κ2) is 3.97. The largest absolute Gasteiger partial charge is 0.387 e. The van der Waals surface area contributed by atoms with E-state index in [0.717, 1.165) is 6.54 Å². The first kappa shape index (κ1) is 8.82. The van der Waals surface area contributed by atoms with Crippen molar-refractivity contribution in [1.29, 1.82) is 0 Å². The van der Waals surface area contributed by atoms with Gasteiger partial charge in [0, 0.05) is 6.54 Å². The third kappa shape index (κ3) is 1.62. The Labute approximate surface area is 84.1 Å². The van der Waals surface area contributed by atoms with Gasteiger partial charge in [0.05, 0.1) is 0 Å². The van der Waals surface area contributed by atoms with E-state index in [4.69, 9.17) is 0 Å². The first-order valence-corrected chi connectivity index (χ1v) is 4.73. The zero-order valence-electron chi connectivity index (χ0n) is 8.03. The molecule has 14 heavy (non-hydrogen) atoms. The normalized spacial score (nSPS) is 10.0. The minimum absolute atomic E-state index is 0.838. The molecule has 0 aliphatic carbocycles. The van der Waals surface area contributed by atoms with E-state index in [1.54, 1.807) is 6.20 Å². The van der Waals surface area contributed by atoms with Gasteiger partial charge in [-0.3, -0.25) is 0 Å². The maximum Gasteiger partial charge on any atom is 0.0401 e. The minimum Gasteiger partial charge on any atom is -0.387 e. The van der Waals surface area contributed by atoms with E-state index in [2.05, 4.69) is 54.4 Å². The Morgan fingerprint density at radius 3 is 2.71 bits per heavy atom. The van der Waals surface area contributed by atoms with Gasteiger partial charge in [-0.2, -0.15) is 0 Å². The average molecular weight is 183 g/mol. The van der Waals surface area contributed by atoms with Crippen molar-refractivity contribution >= 4 is 10.8 Å². The van der Waals surface area contributed by atoms with Crippen molar-refractivity contribution in [2.24, 2.45) is 0 Å². The summed E-state index contributed by atoms with van der Waals surface area (Å²) in [7, 11) is 0. The zero-order chi connectivity index (χ0) is 9.80. The summed E-state index contributed by atoms with van der Waals surface area (Å²) < 4.78 is 0. The predicted molar refractivity (Wildman–Crippen MR) is 61.0 cm³/mol. The molecule has 2 rings (SSSR count). The van der Waals surface area contributed by atoms with E-state index < -0.39 is 0 Å². The standard InChI is InChI=1S/C13H13N/c1-2-14-10-12-8-5-7-11-6-3-4-9-13(11)12/h2-9,14H,1,10H2. The highest BCUT2D eigenvalue weighted by molar-refractivity contribution is 5.85. The number of fused-ring (bicyclic) bond motifs is 1. The summed E-state index contributed by atoms with van der Waals surface area (Å²) >= 11 is 0. The third-order valence-electron chi connectivity index (χ3n) is 2.32. The van der Waals surface area contributed by atoms with Crippen LogP contribution in [0.3, 0.4) is 0 Å². The molecule has 0 radical (unpaired) electrons. The second-order valence-electron chi connectivity index (χ2n) is 3.22. The molecule has 1 heteroatoms. The van der Waals surface area contributed by atoms with Crippen molar-refractivity contribution in [3.63, 3.8) is 0 Å². The van der Waals surface area contributed by atoms with Crippen LogP contribution in [0.4, 0.5) is 0 Å². The minimum atomic E-state index is 0.838. The van der Waals surface area contributed by atoms with Crippen LogP contribution in [0.1, 0.15) is 5.56 Å². The fourth-order valence-corrected chi connectivity index (χ4v) is 1.63. The van der Waals surface area contributed by atoms with Gasteiger partial charge in [0.15, 0.2) is 0 Å². The molecule has 2 aromatic carbocycles. The zero-order valence-corrected chi connectivity index (χ0v) is 8.03. The molecule has 0 atom stereocenters. The molecule has 0 saturated heterocycles. The Morgan fingerprint density at radius 2 is 1.86 bits per heavy atom. The fourth-order valence-electron chi connectivity index (χ4n) is 1.63. The van der Waals surface area contributed by atoms with E-state index in [-0.39, 0.29) is 0 Å². The summed E-state index contributed by atoms with van der Waals surface area (Å²) in [6.45, 7) is 4.48. The third-order valence-corrected chi connectivity index (χ3v) is 2.32. The Hall–Kier alpha value is -1.76. The summed E-state index contributed by atoms with van der Waals surface area (Å²) in [5.74, 6) is 0. The number of nitrogens with one attached hydrogen (secondary N) is 1. The highest BCUT2D eigenvalue weighted by Gasteiger charge is 1.97. The Kier molecular flexibility index (Phi) is 2.50. The summed E-state index contributed by atoms with van der Waals surface area (Å²) in [6, 6.07) is 14.8. The molecule has 0 saturated carbocycles. The Balaban J connectivity index is 2.48. The SMILES string of the molecule is C=CNCc1cccc2ccccc12. The molecule has 0 aromatic heterocycles. The predicted octanol–water partition coefficient (Wildman–Crippen LogP) is 3.07. The Bertz CT molecular complexity index is 440. The molecule has 2 aromatic rings. The van der Waals surface area contributed by atoms with Crippen LogP contribution in [-0.4, -0.2) is 0 Å². The first-order chi connectivity index (χ1) is 6.92. The summed E-state index contributed by atoms with van der Waals surface area (Å²) in [5, 5.41) is 5.72. The molecule has 0 amide bonds. The van der Waals surface area contributed by atoms with Gasteiger partial charge in [-0.05, 0) is 22.5 Å². The van der Waals surface area contributed by atoms with Crippen molar-refractivity contribution in [1.82, 2.24) is 5.32 Å². The van der Waals surface area contributed by atoms with Crippen LogP contribution in [-0.2, 0) is 6.54 Å². The van der Waals surface area contributed by atoms with Gasteiger partial charge in [0.25, 0.3) is 0 Å². The lowest BCUT2D eigenvalue weighted by atomic mass is 10.0. The molecule has 0 unspecified atom stereocenters. The van der Waals surface area contributed by atoms with Crippen LogP contribution in [0.5, 0.6) is 0 Å². The van der Waals surface area contributed by atoms with Gasteiger partial charge in [0.2, 0.25) is 0 Å². The Morgan fingerprint density at radius 1 is 1.07 bits per heavy atom. The van der Waals surface area contributed by atoms with E-state index >= 15 is 0 Å². The number of rotatable bonds is 3. The molecular formula is C13H13N. The van der Waals surface area contributed by atoms with Gasteiger partial charge in [-0.25, -0.2) is 0 Å². The van der Waals surface area contributed by atoms with Crippen LogP contribution in [0.2, 0.25) is 0 Å². The van der Waals surface area contributed by atoms with Crippen molar-refractivity contribution in [3.8, 4) is 0 Å². The summed E-state index contributed by atoms with van der Waals surface area (Å²) in [5.41, 5.74) is 1.31. The molecule has 0 aliphatic rings. The lowest BCUT2D eigenvalue weighted by Crippen LogP contribution is -2.03. The van der Waals surface area contributed by atoms with Crippen LogP contribution in [0.15, 0.2) is 55.2 Å². The van der Waals surface area contributed by atoms with E-state index in [9.17, 15) is 0 Å². The molecular weight excluding hydrogens is 170 g/mol. The average Bonchev–Trinajstić information content (AvgIpc) is 2.26. The van der Waals surface area contributed by atoms with E-state index in [1.165, 1.54) is 16.3 Å². The molecule has 0 fully saturated rings. The molecule has 0 bridgehead atoms. The van der Waals surface area contributed by atoms with Crippen LogP contribution >= 0.6 is 0 Å². The van der Waals surface area contributed by atoms with E-state index in [0.29, 0.717) is 0 Å². The first-order valence-electron chi connectivity index (χ1n) is 4.73. The quantitative estimate of drug-likeness (QED) is 0.771. The fraction of sp³-hybridized carbons (Fsp3) is 0.0769. The second-order valence-corrected chi connectivity index (χ2v) is 3.22. The molecule has 0 heterocycles. The number of benzene rings is 2. The lowest BCUT2D eigenvalue weighted by molar-refractivity contribution is 0.880. The maximum atomic E-state index is 3.64. The van der Waals surface area contributed by atoms with Gasteiger partial charge < -0.3 is 5.32 Å². The molecule has 1 nitrogen and oxygen atoms in total. The smallest absolute Gasteiger partial charge is 0.0401 e. The van der Waals surface area contributed by atoms with Gasteiger partial charge in [-0.1, -0.05) is 49.0 Å². The molecule has 70 valence electrons. The van der Waals surface area contributed by atoms with Gasteiger partial charge in [-0.15, -0.1) is 0 Å². The van der Waals surface area contributed by atoms with Gasteiger partial charge >= 0.3 is 0 Å². The molecule has 0 spiro atoms. The van der Waals surface area contributed by atoms with Crippen molar-refractivity contribution < 1.29 is 0 Å².